The fraction of sp³-hybridized carbons (Fsp3) is 0.154. The number of halogens is 3. The Labute approximate surface area is 228 Å². The molecule has 0 unspecified atom stereocenters. The average molecular weight is 592 g/mol. The summed E-state index contributed by atoms with van der Waals surface area (Å²) in [6.45, 7) is 2.79. The molecule has 1 aliphatic rings. The van der Waals surface area contributed by atoms with Crippen molar-refractivity contribution in [3.8, 4) is 11.5 Å². The van der Waals surface area contributed by atoms with Gasteiger partial charge in [-0.3, -0.25) is 9.69 Å². The predicted molar refractivity (Wildman–Crippen MR) is 148 cm³/mol. The summed E-state index contributed by atoms with van der Waals surface area (Å²) in [4.78, 5) is 16.5. The van der Waals surface area contributed by atoms with Crippen LogP contribution in [0.2, 0.25) is 10.0 Å². The molecule has 1 amide bonds. The van der Waals surface area contributed by atoms with Gasteiger partial charge >= 0.3 is 0 Å². The highest BCUT2D eigenvalue weighted by Crippen LogP contribution is 2.32. The first-order chi connectivity index (χ1) is 16.8. The molecule has 0 aliphatic carbocycles. The van der Waals surface area contributed by atoms with Crippen molar-refractivity contribution in [2.24, 2.45) is 0 Å². The molecule has 1 heterocycles. The van der Waals surface area contributed by atoms with Crippen molar-refractivity contribution in [2.45, 2.75) is 13.5 Å². The monoisotopic (exact) mass is 590 g/mol. The zero-order valence-corrected chi connectivity index (χ0v) is 22.8. The highest BCUT2D eigenvalue weighted by atomic mass is 79.9. The normalized spacial score (nSPS) is 14.7. The summed E-state index contributed by atoms with van der Waals surface area (Å²) in [6.07, 6.45) is 1.80. The van der Waals surface area contributed by atoms with E-state index in [1.54, 1.807) is 30.2 Å². The van der Waals surface area contributed by atoms with Gasteiger partial charge in [-0.15, -0.1) is 0 Å². The lowest BCUT2D eigenvalue weighted by Gasteiger charge is -2.16. The molecule has 9 heteroatoms. The van der Waals surface area contributed by atoms with Gasteiger partial charge in [0.25, 0.3) is 5.91 Å². The van der Waals surface area contributed by atoms with Crippen LogP contribution in [0.4, 0.5) is 5.69 Å². The summed E-state index contributed by atoms with van der Waals surface area (Å²) >= 11 is 21.3. The first kappa shape index (κ1) is 25.5. The van der Waals surface area contributed by atoms with Gasteiger partial charge in [-0.05, 0) is 95.2 Å². The zero-order chi connectivity index (χ0) is 25.1. The number of ether oxygens (including phenoxy) is 2. The summed E-state index contributed by atoms with van der Waals surface area (Å²) in [5.41, 5.74) is 2.80. The quantitative estimate of drug-likeness (QED) is 0.212. The second-order valence-electron chi connectivity index (χ2n) is 7.65. The number of hydrogen-bond donors (Lipinski definition) is 0. The summed E-state index contributed by atoms with van der Waals surface area (Å²) in [5.74, 6) is 1.19. The molecule has 5 nitrogen and oxygen atoms in total. The van der Waals surface area contributed by atoms with E-state index in [9.17, 15) is 4.79 Å². The lowest BCUT2D eigenvalue weighted by atomic mass is 10.1. The molecule has 1 saturated heterocycles. The van der Waals surface area contributed by atoms with Crippen LogP contribution in [0.25, 0.3) is 6.08 Å². The van der Waals surface area contributed by atoms with E-state index < -0.39 is 0 Å². The summed E-state index contributed by atoms with van der Waals surface area (Å²) < 4.78 is 12.2. The Balaban J connectivity index is 1.51. The zero-order valence-electron chi connectivity index (χ0n) is 18.9. The Morgan fingerprint density at radius 2 is 1.77 bits per heavy atom. The number of thiocarbonyl (C=S) groups is 1. The molecule has 3 aromatic carbocycles. The summed E-state index contributed by atoms with van der Waals surface area (Å²) in [5, 5.41) is 1.53. The number of carbonyl (C=O) groups is 1. The van der Waals surface area contributed by atoms with Crippen LogP contribution >= 0.6 is 51.3 Å². The lowest BCUT2D eigenvalue weighted by molar-refractivity contribution is -0.114. The minimum absolute atomic E-state index is 0.199. The topological polar surface area (TPSA) is 42.0 Å². The SMILES string of the molecule is CCOc1ccc(N2C(=O)/C(=C/c3ccc(OCc4ccc(Cl)cc4Cl)c(Br)c3)N(C)C2=S)cc1. The Morgan fingerprint density at radius 1 is 1.03 bits per heavy atom. The Bertz CT molecular complexity index is 1310. The van der Waals surface area contributed by atoms with Crippen molar-refractivity contribution in [3.05, 3.63) is 92.0 Å². The van der Waals surface area contributed by atoms with E-state index in [0.717, 1.165) is 21.3 Å². The standard InChI is InChI=1S/C26H21BrCl2N2O3S/c1-3-33-20-9-7-19(8-10-20)31-25(32)23(30(2)26(31)35)13-16-4-11-24(21(27)12-16)34-15-17-5-6-18(28)14-22(17)29/h4-14H,3,15H2,1-2H3/b23-13-. The smallest absolute Gasteiger partial charge is 0.281 e. The third-order valence-electron chi connectivity index (χ3n) is 5.33. The second-order valence-corrected chi connectivity index (χ2v) is 9.72. The number of amides is 1. The largest absolute Gasteiger partial charge is 0.494 e. The Morgan fingerprint density at radius 3 is 2.43 bits per heavy atom. The molecule has 180 valence electrons. The molecule has 0 aromatic heterocycles. The molecule has 4 rings (SSSR count). The minimum atomic E-state index is -0.199. The van der Waals surface area contributed by atoms with Crippen LogP contribution in [0.1, 0.15) is 18.1 Å². The Hall–Kier alpha value is -2.58. The highest BCUT2D eigenvalue weighted by Gasteiger charge is 2.36. The molecule has 1 fully saturated rings. The summed E-state index contributed by atoms with van der Waals surface area (Å²) in [7, 11) is 1.78. The van der Waals surface area contributed by atoms with E-state index in [2.05, 4.69) is 15.9 Å². The first-order valence-corrected chi connectivity index (χ1v) is 12.7. The number of hydrogen-bond acceptors (Lipinski definition) is 4. The maximum Gasteiger partial charge on any atom is 0.281 e. The van der Waals surface area contributed by atoms with Crippen LogP contribution in [0.3, 0.4) is 0 Å². The number of benzene rings is 3. The van der Waals surface area contributed by atoms with Gasteiger partial charge in [0, 0.05) is 22.7 Å². The lowest BCUT2D eigenvalue weighted by Crippen LogP contribution is -2.31. The van der Waals surface area contributed by atoms with Crippen molar-refractivity contribution in [2.75, 3.05) is 18.6 Å². The van der Waals surface area contributed by atoms with E-state index in [1.165, 1.54) is 4.90 Å². The molecule has 0 saturated carbocycles. The van der Waals surface area contributed by atoms with Crippen LogP contribution in [-0.4, -0.2) is 29.6 Å². The molecule has 3 aromatic rings. The van der Waals surface area contributed by atoms with E-state index in [4.69, 9.17) is 44.9 Å². The van der Waals surface area contributed by atoms with E-state index in [0.29, 0.717) is 45.5 Å². The van der Waals surface area contributed by atoms with Gasteiger partial charge in [0.15, 0.2) is 5.11 Å². The molecule has 35 heavy (non-hydrogen) atoms. The van der Waals surface area contributed by atoms with Gasteiger partial charge in [0.2, 0.25) is 0 Å². The van der Waals surface area contributed by atoms with Crippen LogP contribution in [0.5, 0.6) is 11.5 Å². The molecule has 0 bridgehead atoms. The summed E-state index contributed by atoms with van der Waals surface area (Å²) in [6, 6.07) is 18.2. The fourth-order valence-electron chi connectivity index (χ4n) is 3.52. The number of anilines is 1. The third kappa shape index (κ3) is 5.64. The van der Waals surface area contributed by atoms with Gasteiger partial charge in [-0.1, -0.05) is 35.3 Å². The van der Waals surface area contributed by atoms with E-state index in [-0.39, 0.29) is 5.91 Å². The maximum absolute atomic E-state index is 13.2. The van der Waals surface area contributed by atoms with Crippen molar-refractivity contribution < 1.29 is 14.3 Å². The van der Waals surface area contributed by atoms with Crippen LogP contribution in [0, 0.1) is 0 Å². The number of likely N-dealkylation sites (N-methyl/N-ethyl adjacent to an activating group) is 1. The molecule has 0 radical (unpaired) electrons. The molecule has 1 aliphatic heterocycles. The van der Waals surface area contributed by atoms with Crippen molar-refractivity contribution in [3.63, 3.8) is 0 Å². The maximum atomic E-state index is 13.2. The molecular weight excluding hydrogens is 571 g/mol. The molecule has 0 spiro atoms. The van der Waals surface area contributed by atoms with Gasteiger partial charge < -0.3 is 14.4 Å². The number of carbonyl (C=O) groups excluding carboxylic acids is 1. The minimum Gasteiger partial charge on any atom is -0.494 e. The van der Waals surface area contributed by atoms with Gasteiger partial charge in [-0.2, -0.15) is 0 Å². The van der Waals surface area contributed by atoms with Gasteiger partial charge in [0.05, 0.1) is 16.8 Å². The van der Waals surface area contributed by atoms with E-state index in [1.807, 2.05) is 55.5 Å². The van der Waals surface area contributed by atoms with Crippen LogP contribution in [-0.2, 0) is 11.4 Å². The molecule has 0 N–H and O–H groups in total. The average Bonchev–Trinajstić information content (AvgIpc) is 3.03. The second kappa shape index (κ2) is 11.0. The van der Waals surface area contributed by atoms with Crippen molar-refractivity contribution >= 4 is 74.1 Å². The third-order valence-corrected chi connectivity index (χ3v) is 6.99. The van der Waals surface area contributed by atoms with E-state index >= 15 is 0 Å². The molecular formula is C26H21BrCl2N2O3S. The Kier molecular flexibility index (Phi) is 8.02. The first-order valence-electron chi connectivity index (χ1n) is 10.7. The van der Waals surface area contributed by atoms with Crippen LogP contribution < -0.4 is 14.4 Å². The predicted octanol–water partition coefficient (Wildman–Crippen LogP) is 7.34. The van der Waals surface area contributed by atoms with Gasteiger partial charge in [-0.25, -0.2) is 0 Å². The van der Waals surface area contributed by atoms with Crippen LogP contribution in [0.15, 0.2) is 70.8 Å². The fourth-order valence-corrected chi connectivity index (χ4v) is 4.78. The molecule has 0 atom stereocenters. The number of rotatable bonds is 7. The number of nitrogens with zero attached hydrogens (tertiary/aromatic N) is 2. The van der Waals surface area contributed by atoms with Crippen molar-refractivity contribution in [1.29, 1.82) is 0 Å². The highest BCUT2D eigenvalue weighted by molar-refractivity contribution is 9.10. The van der Waals surface area contributed by atoms with Crippen molar-refractivity contribution in [1.82, 2.24) is 4.90 Å². The van der Waals surface area contributed by atoms with Gasteiger partial charge in [0.1, 0.15) is 23.8 Å².